The van der Waals surface area contributed by atoms with Crippen molar-refractivity contribution in [1.82, 2.24) is 9.38 Å². The highest BCUT2D eigenvalue weighted by Gasteiger charge is 2.32. The van der Waals surface area contributed by atoms with E-state index < -0.39 is 5.60 Å². The third kappa shape index (κ3) is 3.54. The predicted molar refractivity (Wildman–Crippen MR) is 129 cm³/mol. The largest absolute Gasteiger partial charge is 0.489 e. The SMILES string of the molecule is CCC1(O)CCOCc2cn3cc4cc5cc(OCc6ccccc6)ccc5nc4c3cc21. The summed E-state index contributed by atoms with van der Waals surface area (Å²) in [6.45, 7) is 3.64. The molecule has 5 heteroatoms. The molecular formula is C28H26N2O3. The second-order valence-corrected chi connectivity index (χ2v) is 8.88. The molecule has 1 atom stereocenters. The first kappa shape index (κ1) is 20.2. The summed E-state index contributed by atoms with van der Waals surface area (Å²) in [7, 11) is 0. The van der Waals surface area contributed by atoms with Crippen molar-refractivity contribution in [2.24, 2.45) is 0 Å². The van der Waals surface area contributed by atoms with Gasteiger partial charge >= 0.3 is 0 Å². The van der Waals surface area contributed by atoms with Gasteiger partial charge in [-0.05, 0) is 47.9 Å². The molecule has 1 aliphatic rings. The first-order valence-corrected chi connectivity index (χ1v) is 11.5. The molecule has 5 nitrogen and oxygen atoms in total. The minimum Gasteiger partial charge on any atom is -0.489 e. The molecule has 6 rings (SSSR count). The molecule has 0 aliphatic carbocycles. The van der Waals surface area contributed by atoms with Gasteiger partial charge in [0, 0.05) is 35.2 Å². The lowest BCUT2D eigenvalue weighted by Gasteiger charge is -2.27. The van der Waals surface area contributed by atoms with Gasteiger partial charge in [0.15, 0.2) is 0 Å². The van der Waals surface area contributed by atoms with Crippen LogP contribution in [0, 0.1) is 0 Å². The quantitative estimate of drug-likeness (QED) is 0.389. The van der Waals surface area contributed by atoms with Gasteiger partial charge in [-0.2, -0.15) is 0 Å². The van der Waals surface area contributed by atoms with Gasteiger partial charge in [0.2, 0.25) is 0 Å². The van der Waals surface area contributed by atoms with Crippen LogP contribution in [0.3, 0.4) is 0 Å². The zero-order chi connectivity index (χ0) is 22.4. The Bertz CT molecular complexity index is 1480. The molecule has 33 heavy (non-hydrogen) atoms. The van der Waals surface area contributed by atoms with Gasteiger partial charge in [0.05, 0.1) is 35.4 Å². The Hall–Kier alpha value is -3.41. The van der Waals surface area contributed by atoms with E-state index in [1.54, 1.807) is 0 Å². The molecule has 4 heterocycles. The zero-order valence-corrected chi connectivity index (χ0v) is 18.6. The summed E-state index contributed by atoms with van der Waals surface area (Å²) in [4.78, 5) is 4.98. The predicted octanol–water partition coefficient (Wildman–Crippen LogP) is 5.74. The number of rotatable bonds is 4. The van der Waals surface area contributed by atoms with Gasteiger partial charge in [0.25, 0.3) is 0 Å². The fourth-order valence-corrected chi connectivity index (χ4v) is 4.84. The van der Waals surface area contributed by atoms with Crippen molar-refractivity contribution in [2.75, 3.05) is 6.61 Å². The van der Waals surface area contributed by atoms with Crippen molar-refractivity contribution in [3.8, 4) is 5.75 Å². The van der Waals surface area contributed by atoms with Crippen molar-refractivity contribution in [1.29, 1.82) is 0 Å². The Morgan fingerprint density at radius 2 is 1.94 bits per heavy atom. The molecule has 1 N–H and O–H groups in total. The third-order valence-corrected chi connectivity index (χ3v) is 6.79. The normalized spacial score (nSPS) is 18.5. The van der Waals surface area contributed by atoms with Crippen LogP contribution in [0.25, 0.3) is 27.3 Å². The molecule has 0 fully saturated rings. The molecule has 5 aromatic rings. The number of fused-ring (bicyclic) bond motifs is 5. The molecule has 3 aromatic heterocycles. The van der Waals surface area contributed by atoms with Gasteiger partial charge in [-0.1, -0.05) is 37.3 Å². The van der Waals surface area contributed by atoms with Gasteiger partial charge in [-0.25, -0.2) is 4.98 Å². The second-order valence-electron chi connectivity index (χ2n) is 8.88. The minimum absolute atomic E-state index is 0.514. The summed E-state index contributed by atoms with van der Waals surface area (Å²) in [5.74, 6) is 0.827. The summed E-state index contributed by atoms with van der Waals surface area (Å²) >= 11 is 0. The second kappa shape index (κ2) is 7.87. The topological polar surface area (TPSA) is 56.0 Å². The first-order valence-electron chi connectivity index (χ1n) is 11.5. The van der Waals surface area contributed by atoms with Crippen molar-refractivity contribution >= 4 is 27.3 Å². The lowest BCUT2D eigenvalue weighted by molar-refractivity contribution is 0.00232. The Morgan fingerprint density at radius 3 is 2.79 bits per heavy atom. The fraction of sp³-hybridized carbons (Fsp3) is 0.250. The number of hydrogen-bond acceptors (Lipinski definition) is 4. The number of ether oxygens (including phenoxy) is 2. The highest BCUT2D eigenvalue weighted by atomic mass is 16.5. The van der Waals surface area contributed by atoms with Crippen LogP contribution in [0.4, 0.5) is 0 Å². The van der Waals surface area contributed by atoms with Gasteiger partial charge in [0.1, 0.15) is 12.4 Å². The van der Waals surface area contributed by atoms with E-state index in [0.29, 0.717) is 32.7 Å². The lowest BCUT2D eigenvalue weighted by Crippen LogP contribution is -2.26. The highest BCUT2D eigenvalue weighted by molar-refractivity contribution is 6.01. The molecule has 2 aromatic carbocycles. The van der Waals surface area contributed by atoms with Crippen molar-refractivity contribution < 1.29 is 14.6 Å². The number of pyridine rings is 2. The van der Waals surface area contributed by atoms with Crippen LogP contribution in [0.5, 0.6) is 5.75 Å². The van der Waals surface area contributed by atoms with Crippen LogP contribution in [-0.2, 0) is 23.6 Å². The van der Waals surface area contributed by atoms with Crippen molar-refractivity contribution in [3.05, 3.63) is 89.7 Å². The average molecular weight is 439 g/mol. The van der Waals surface area contributed by atoms with E-state index in [9.17, 15) is 5.11 Å². The molecule has 166 valence electrons. The Labute approximate surface area is 192 Å². The standard InChI is InChI=1S/C28H26N2O3/c1-2-28(31)10-11-32-18-22-16-30-15-21-12-20-13-23(33-17-19-6-4-3-5-7-19)8-9-25(20)29-27(21)26(30)14-24(22)28/h3-9,12-16,31H,2,10-11,17-18H2,1H3. The highest BCUT2D eigenvalue weighted by Crippen LogP contribution is 2.37. The first-order chi connectivity index (χ1) is 16.1. The van der Waals surface area contributed by atoms with Gasteiger partial charge in [-0.3, -0.25) is 0 Å². The Morgan fingerprint density at radius 1 is 1.06 bits per heavy atom. The number of aliphatic hydroxyl groups is 1. The van der Waals surface area contributed by atoms with Crippen LogP contribution in [0.15, 0.2) is 73.1 Å². The summed E-state index contributed by atoms with van der Waals surface area (Å²) < 4.78 is 13.9. The lowest BCUT2D eigenvalue weighted by atomic mass is 9.86. The minimum atomic E-state index is -0.869. The van der Waals surface area contributed by atoms with E-state index in [-0.39, 0.29) is 0 Å². The number of hydrogen-bond donors (Lipinski definition) is 1. The zero-order valence-electron chi connectivity index (χ0n) is 18.6. The maximum Gasteiger partial charge on any atom is 0.120 e. The van der Waals surface area contributed by atoms with Gasteiger partial charge < -0.3 is 19.0 Å². The summed E-state index contributed by atoms with van der Waals surface area (Å²) in [6.07, 6.45) is 5.44. The number of benzene rings is 2. The average Bonchev–Trinajstić information content (AvgIpc) is 3.10. The molecule has 0 amide bonds. The molecule has 0 saturated carbocycles. The molecule has 0 saturated heterocycles. The number of aromatic nitrogens is 2. The molecular weight excluding hydrogens is 412 g/mol. The van der Waals surface area contributed by atoms with Crippen LogP contribution in [-0.4, -0.2) is 21.1 Å². The molecule has 1 aliphatic heterocycles. The Balaban J connectivity index is 1.42. The van der Waals surface area contributed by atoms with Crippen molar-refractivity contribution in [3.63, 3.8) is 0 Å². The summed E-state index contributed by atoms with van der Waals surface area (Å²) in [6, 6.07) is 20.5. The smallest absolute Gasteiger partial charge is 0.120 e. The maximum absolute atomic E-state index is 11.3. The van der Waals surface area contributed by atoms with Crippen LogP contribution in [0.1, 0.15) is 36.5 Å². The molecule has 0 spiro atoms. The molecule has 1 unspecified atom stereocenters. The van der Waals surface area contributed by atoms with E-state index >= 15 is 0 Å². The van der Waals surface area contributed by atoms with Crippen LogP contribution in [0.2, 0.25) is 0 Å². The molecule has 0 bridgehead atoms. The van der Waals surface area contributed by atoms with E-state index in [1.165, 1.54) is 0 Å². The van der Waals surface area contributed by atoms with E-state index in [1.807, 2.05) is 43.3 Å². The van der Waals surface area contributed by atoms with E-state index in [0.717, 1.165) is 49.8 Å². The van der Waals surface area contributed by atoms with Gasteiger partial charge in [-0.15, -0.1) is 0 Å². The third-order valence-electron chi connectivity index (χ3n) is 6.79. The van der Waals surface area contributed by atoms with Crippen LogP contribution < -0.4 is 4.74 Å². The van der Waals surface area contributed by atoms with Crippen LogP contribution >= 0.6 is 0 Å². The summed E-state index contributed by atoms with van der Waals surface area (Å²) in [5, 5.41) is 13.4. The molecule has 0 radical (unpaired) electrons. The van der Waals surface area contributed by atoms with Crippen molar-refractivity contribution in [2.45, 2.75) is 38.6 Å². The fourth-order valence-electron chi connectivity index (χ4n) is 4.84. The monoisotopic (exact) mass is 438 g/mol. The summed E-state index contributed by atoms with van der Waals surface area (Å²) in [5.41, 5.74) is 5.13. The van der Waals surface area contributed by atoms with E-state index in [4.69, 9.17) is 14.5 Å². The number of nitrogens with zero attached hydrogens (tertiary/aromatic N) is 2. The Kier molecular flexibility index (Phi) is 4.82. The van der Waals surface area contributed by atoms with E-state index in [2.05, 4.69) is 41.1 Å². The maximum atomic E-state index is 11.3.